The average molecular weight is 348 g/mol. The van der Waals surface area contributed by atoms with Crippen molar-refractivity contribution >= 4 is 23.7 Å². The van der Waals surface area contributed by atoms with Gasteiger partial charge >= 0.3 is 12.1 Å². The lowest BCUT2D eigenvalue weighted by Crippen LogP contribution is -2.47. The Bertz CT molecular complexity index is 345. The first-order valence-corrected chi connectivity index (χ1v) is 9.38. The van der Waals surface area contributed by atoms with E-state index < -0.39 is 12.1 Å². The number of halogens is 1. The number of carbonyl (C=O) groups excluding carboxylic acids is 2. The third kappa shape index (κ3) is 8.45. The highest BCUT2D eigenvalue weighted by Crippen LogP contribution is 2.27. The molecule has 1 unspecified atom stereocenters. The summed E-state index contributed by atoms with van der Waals surface area (Å²) in [6, 6.07) is -0.597. The predicted molar refractivity (Wildman–Crippen MR) is 90.7 cm³/mol. The molecule has 0 spiro atoms. The second kappa shape index (κ2) is 12.5. The van der Waals surface area contributed by atoms with Gasteiger partial charge in [0.2, 0.25) is 0 Å². The van der Waals surface area contributed by atoms with Crippen molar-refractivity contribution in [3.8, 4) is 0 Å². The molecule has 0 aromatic carbocycles. The van der Waals surface area contributed by atoms with Crippen LogP contribution in [0.2, 0.25) is 0 Å². The molecule has 6 heteroatoms. The van der Waals surface area contributed by atoms with Crippen LogP contribution in [0.5, 0.6) is 0 Å². The quantitative estimate of drug-likeness (QED) is 0.368. The summed E-state index contributed by atoms with van der Waals surface area (Å²) in [6.07, 6.45) is 8.27. The SMILES string of the molecule is CCCCCOC(=O)C(NC(=O)OCCCCl)C1CCCCC1. The number of ether oxygens (including phenoxy) is 2. The Labute approximate surface area is 144 Å². The number of rotatable bonds is 10. The van der Waals surface area contributed by atoms with Crippen LogP contribution in [0.4, 0.5) is 4.79 Å². The van der Waals surface area contributed by atoms with E-state index in [1.165, 1.54) is 6.42 Å². The molecule has 0 bridgehead atoms. The third-order valence-electron chi connectivity index (χ3n) is 4.15. The number of carbonyl (C=O) groups is 2. The summed E-state index contributed by atoms with van der Waals surface area (Å²) in [6.45, 7) is 2.78. The summed E-state index contributed by atoms with van der Waals surface area (Å²) in [5.41, 5.74) is 0. The molecule has 1 aliphatic rings. The maximum atomic E-state index is 12.4. The van der Waals surface area contributed by atoms with Crippen molar-refractivity contribution in [2.75, 3.05) is 19.1 Å². The van der Waals surface area contributed by atoms with Crippen LogP contribution in [0, 0.1) is 5.92 Å². The van der Waals surface area contributed by atoms with E-state index in [1.54, 1.807) is 0 Å². The average Bonchev–Trinajstić information content (AvgIpc) is 2.57. The Kier molecular flexibility index (Phi) is 10.9. The largest absolute Gasteiger partial charge is 0.464 e. The Morgan fingerprint density at radius 3 is 2.43 bits per heavy atom. The van der Waals surface area contributed by atoms with Crippen LogP contribution < -0.4 is 5.32 Å². The van der Waals surface area contributed by atoms with Gasteiger partial charge in [-0.15, -0.1) is 11.6 Å². The van der Waals surface area contributed by atoms with Crippen molar-refractivity contribution in [1.82, 2.24) is 5.32 Å². The molecule has 0 aromatic rings. The summed E-state index contributed by atoms with van der Waals surface area (Å²) in [5, 5.41) is 2.71. The van der Waals surface area contributed by atoms with Crippen molar-refractivity contribution in [1.29, 1.82) is 0 Å². The normalized spacial score (nSPS) is 16.6. The molecule has 0 heterocycles. The van der Waals surface area contributed by atoms with Crippen LogP contribution in [-0.2, 0) is 14.3 Å². The standard InChI is InChI=1S/C17H30ClNO4/c1-2-3-7-12-22-16(20)15(14-9-5-4-6-10-14)19-17(21)23-13-8-11-18/h14-15H,2-13H2,1H3,(H,19,21). The predicted octanol–water partition coefficient (Wildman–Crippen LogP) is 4.02. The molecule has 1 atom stereocenters. The highest BCUT2D eigenvalue weighted by molar-refractivity contribution is 6.17. The van der Waals surface area contributed by atoms with Crippen molar-refractivity contribution in [2.45, 2.75) is 70.8 Å². The first kappa shape index (κ1) is 20.1. The number of alkyl carbamates (subject to hydrolysis) is 1. The maximum Gasteiger partial charge on any atom is 0.407 e. The molecule has 0 aliphatic heterocycles. The highest BCUT2D eigenvalue weighted by atomic mass is 35.5. The van der Waals surface area contributed by atoms with Gasteiger partial charge in [-0.2, -0.15) is 0 Å². The van der Waals surface area contributed by atoms with Crippen LogP contribution >= 0.6 is 11.6 Å². The zero-order valence-corrected chi connectivity index (χ0v) is 14.9. The number of hydrogen-bond donors (Lipinski definition) is 1. The van der Waals surface area contributed by atoms with Crippen LogP contribution in [-0.4, -0.2) is 37.2 Å². The van der Waals surface area contributed by atoms with Gasteiger partial charge in [-0.05, 0) is 31.6 Å². The second-order valence-electron chi connectivity index (χ2n) is 6.07. The van der Waals surface area contributed by atoms with Crippen molar-refractivity contribution in [3.05, 3.63) is 0 Å². The van der Waals surface area contributed by atoms with Gasteiger partial charge in [0.1, 0.15) is 6.04 Å². The van der Waals surface area contributed by atoms with Gasteiger partial charge in [0, 0.05) is 5.88 Å². The van der Waals surface area contributed by atoms with E-state index in [-0.39, 0.29) is 18.5 Å². The van der Waals surface area contributed by atoms with E-state index in [2.05, 4.69) is 12.2 Å². The molecular weight excluding hydrogens is 318 g/mol. The Morgan fingerprint density at radius 2 is 1.78 bits per heavy atom. The smallest absolute Gasteiger partial charge is 0.407 e. The molecule has 1 fully saturated rings. The first-order chi connectivity index (χ1) is 11.2. The molecule has 134 valence electrons. The summed E-state index contributed by atoms with van der Waals surface area (Å²) in [5.74, 6) is 0.254. The van der Waals surface area contributed by atoms with Gasteiger partial charge < -0.3 is 14.8 Å². The van der Waals surface area contributed by atoms with Gasteiger partial charge in [-0.25, -0.2) is 9.59 Å². The molecule has 0 aromatic heterocycles. The number of hydrogen-bond acceptors (Lipinski definition) is 4. The monoisotopic (exact) mass is 347 g/mol. The van der Waals surface area contributed by atoms with E-state index >= 15 is 0 Å². The molecule has 1 rings (SSSR count). The Hall–Kier alpha value is -0.970. The zero-order chi connectivity index (χ0) is 16.9. The van der Waals surface area contributed by atoms with Crippen LogP contribution in [0.15, 0.2) is 0 Å². The number of amides is 1. The summed E-state index contributed by atoms with van der Waals surface area (Å²) >= 11 is 5.56. The minimum absolute atomic E-state index is 0.142. The zero-order valence-electron chi connectivity index (χ0n) is 14.2. The van der Waals surface area contributed by atoms with Crippen molar-refractivity contribution in [2.24, 2.45) is 5.92 Å². The fraction of sp³-hybridized carbons (Fsp3) is 0.882. The molecule has 23 heavy (non-hydrogen) atoms. The molecule has 0 radical (unpaired) electrons. The molecule has 1 amide bonds. The molecule has 1 saturated carbocycles. The highest BCUT2D eigenvalue weighted by Gasteiger charge is 2.32. The second-order valence-corrected chi connectivity index (χ2v) is 6.45. The van der Waals surface area contributed by atoms with E-state index in [1.807, 2.05) is 0 Å². The lowest BCUT2D eigenvalue weighted by molar-refractivity contribution is -0.148. The van der Waals surface area contributed by atoms with Crippen LogP contribution in [0.25, 0.3) is 0 Å². The maximum absolute atomic E-state index is 12.4. The van der Waals surface area contributed by atoms with Gasteiger partial charge in [0.15, 0.2) is 0 Å². The fourth-order valence-electron chi connectivity index (χ4n) is 2.84. The van der Waals surface area contributed by atoms with Crippen LogP contribution in [0.1, 0.15) is 64.7 Å². The minimum Gasteiger partial charge on any atom is -0.464 e. The molecule has 0 saturated heterocycles. The van der Waals surface area contributed by atoms with Gasteiger partial charge in [-0.1, -0.05) is 39.0 Å². The van der Waals surface area contributed by atoms with Gasteiger partial charge in [-0.3, -0.25) is 0 Å². The molecular formula is C17H30ClNO4. The summed E-state index contributed by atoms with van der Waals surface area (Å²) in [4.78, 5) is 24.2. The van der Waals surface area contributed by atoms with Gasteiger partial charge in [0.05, 0.1) is 13.2 Å². The third-order valence-corrected chi connectivity index (χ3v) is 4.42. The van der Waals surface area contributed by atoms with E-state index in [9.17, 15) is 9.59 Å². The lowest BCUT2D eigenvalue weighted by atomic mass is 9.84. The van der Waals surface area contributed by atoms with Gasteiger partial charge in [0.25, 0.3) is 0 Å². The summed E-state index contributed by atoms with van der Waals surface area (Å²) < 4.78 is 10.4. The van der Waals surface area contributed by atoms with E-state index in [4.69, 9.17) is 21.1 Å². The fourth-order valence-corrected chi connectivity index (χ4v) is 2.95. The molecule has 1 aliphatic carbocycles. The number of esters is 1. The first-order valence-electron chi connectivity index (χ1n) is 8.85. The molecule has 5 nitrogen and oxygen atoms in total. The summed E-state index contributed by atoms with van der Waals surface area (Å²) in [7, 11) is 0. The minimum atomic E-state index is -0.597. The van der Waals surface area contributed by atoms with E-state index in [0.29, 0.717) is 18.9 Å². The number of alkyl halides is 1. The topological polar surface area (TPSA) is 64.6 Å². The number of unbranched alkanes of at least 4 members (excludes halogenated alkanes) is 2. The van der Waals surface area contributed by atoms with Crippen molar-refractivity contribution in [3.63, 3.8) is 0 Å². The number of nitrogens with one attached hydrogen (secondary N) is 1. The van der Waals surface area contributed by atoms with Crippen molar-refractivity contribution < 1.29 is 19.1 Å². The van der Waals surface area contributed by atoms with E-state index in [0.717, 1.165) is 44.9 Å². The Morgan fingerprint density at radius 1 is 1.09 bits per heavy atom. The Balaban J connectivity index is 2.50. The lowest BCUT2D eigenvalue weighted by Gasteiger charge is -2.29. The molecule has 1 N–H and O–H groups in total. The van der Waals surface area contributed by atoms with Crippen LogP contribution in [0.3, 0.4) is 0 Å².